The van der Waals surface area contributed by atoms with Crippen LogP contribution in [-0.2, 0) is 9.59 Å². The SMILES string of the molecule is Cc1cccc(NC(=O)CN2CCNCC2C(N)=O)c1C. The summed E-state index contributed by atoms with van der Waals surface area (Å²) in [5.74, 6) is -0.529. The average Bonchev–Trinajstić information content (AvgIpc) is 2.44. The van der Waals surface area contributed by atoms with E-state index >= 15 is 0 Å². The Balaban J connectivity index is 2.00. The number of amides is 2. The van der Waals surface area contributed by atoms with Crippen molar-refractivity contribution in [2.45, 2.75) is 19.9 Å². The fourth-order valence-corrected chi connectivity index (χ4v) is 2.48. The van der Waals surface area contributed by atoms with Crippen LogP contribution in [0.5, 0.6) is 0 Å². The fraction of sp³-hybridized carbons (Fsp3) is 0.467. The van der Waals surface area contributed by atoms with Gasteiger partial charge in [-0.25, -0.2) is 0 Å². The van der Waals surface area contributed by atoms with Gasteiger partial charge in [0, 0.05) is 25.3 Å². The van der Waals surface area contributed by atoms with Gasteiger partial charge in [0.15, 0.2) is 0 Å². The highest BCUT2D eigenvalue weighted by atomic mass is 16.2. The number of benzene rings is 1. The summed E-state index contributed by atoms with van der Waals surface area (Å²) in [7, 11) is 0. The lowest BCUT2D eigenvalue weighted by molar-refractivity contribution is -0.125. The van der Waals surface area contributed by atoms with Crippen molar-refractivity contribution in [1.29, 1.82) is 0 Å². The molecule has 1 aliphatic heterocycles. The van der Waals surface area contributed by atoms with Crippen LogP contribution >= 0.6 is 0 Å². The molecule has 1 saturated heterocycles. The summed E-state index contributed by atoms with van der Waals surface area (Å²) in [4.78, 5) is 25.4. The summed E-state index contributed by atoms with van der Waals surface area (Å²) in [5.41, 5.74) is 8.37. The van der Waals surface area contributed by atoms with Gasteiger partial charge in [0.1, 0.15) is 6.04 Å². The van der Waals surface area contributed by atoms with Gasteiger partial charge in [-0.2, -0.15) is 0 Å². The number of rotatable bonds is 4. The van der Waals surface area contributed by atoms with Crippen LogP contribution in [0.1, 0.15) is 11.1 Å². The Morgan fingerprint density at radius 3 is 2.90 bits per heavy atom. The molecule has 1 fully saturated rings. The number of nitrogens with one attached hydrogen (secondary N) is 2. The van der Waals surface area contributed by atoms with Gasteiger partial charge in [-0.1, -0.05) is 12.1 Å². The number of carbonyl (C=O) groups excluding carboxylic acids is 2. The molecule has 2 rings (SSSR count). The smallest absolute Gasteiger partial charge is 0.238 e. The highest BCUT2D eigenvalue weighted by Gasteiger charge is 2.28. The fourth-order valence-electron chi connectivity index (χ4n) is 2.48. The second kappa shape index (κ2) is 6.69. The summed E-state index contributed by atoms with van der Waals surface area (Å²) < 4.78 is 0. The molecule has 6 nitrogen and oxygen atoms in total. The third-order valence-corrected chi connectivity index (χ3v) is 3.91. The van der Waals surface area contributed by atoms with Crippen molar-refractivity contribution >= 4 is 17.5 Å². The number of hydrogen-bond donors (Lipinski definition) is 3. The maximum absolute atomic E-state index is 12.2. The second-order valence-corrected chi connectivity index (χ2v) is 5.39. The quantitative estimate of drug-likeness (QED) is 0.728. The first kappa shape index (κ1) is 15.5. The molecule has 0 radical (unpaired) electrons. The molecule has 0 aromatic heterocycles. The van der Waals surface area contributed by atoms with Crippen molar-refractivity contribution in [1.82, 2.24) is 10.2 Å². The maximum Gasteiger partial charge on any atom is 0.238 e. The molecule has 114 valence electrons. The maximum atomic E-state index is 12.2. The molecule has 2 amide bonds. The summed E-state index contributed by atoms with van der Waals surface area (Å²) in [5, 5.41) is 6.02. The van der Waals surface area contributed by atoms with Crippen LogP contribution in [0.2, 0.25) is 0 Å². The molecule has 0 bridgehead atoms. The predicted molar refractivity (Wildman–Crippen MR) is 82.0 cm³/mol. The molecule has 6 heteroatoms. The average molecular weight is 290 g/mol. The van der Waals surface area contributed by atoms with Crippen molar-refractivity contribution in [2.75, 3.05) is 31.5 Å². The number of carbonyl (C=O) groups is 2. The van der Waals surface area contributed by atoms with E-state index in [0.717, 1.165) is 23.4 Å². The number of nitrogens with two attached hydrogens (primary N) is 1. The monoisotopic (exact) mass is 290 g/mol. The summed E-state index contributed by atoms with van der Waals surface area (Å²) >= 11 is 0. The highest BCUT2D eigenvalue weighted by molar-refractivity contribution is 5.93. The van der Waals surface area contributed by atoms with Crippen molar-refractivity contribution < 1.29 is 9.59 Å². The van der Waals surface area contributed by atoms with Crippen LogP contribution in [0.15, 0.2) is 18.2 Å². The molecule has 0 saturated carbocycles. The molecular formula is C15H22N4O2. The first-order chi connectivity index (χ1) is 9.99. The molecule has 21 heavy (non-hydrogen) atoms. The van der Waals surface area contributed by atoms with Gasteiger partial charge >= 0.3 is 0 Å². The Kier molecular flexibility index (Phi) is 4.93. The molecule has 0 spiro atoms. The van der Waals surface area contributed by atoms with Crippen LogP contribution in [0.4, 0.5) is 5.69 Å². The van der Waals surface area contributed by atoms with Crippen LogP contribution < -0.4 is 16.4 Å². The molecule has 1 heterocycles. The summed E-state index contributed by atoms with van der Waals surface area (Å²) in [6.07, 6.45) is 0. The topological polar surface area (TPSA) is 87.5 Å². The van der Waals surface area contributed by atoms with E-state index in [2.05, 4.69) is 10.6 Å². The van der Waals surface area contributed by atoms with Crippen LogP contribution in [0, 0.1) is 13.8 Å². The number of anilines is 1. The lowest BCUT2D eigenvalue weighted by Crippen LogP contribution is -2.58. The van der Waals surface area contributed by atoms with Crippen LogP contribution in [0.25, 0.3) is 0 Å². The Bertz CT molecular complexity index is 544. The molecule has 1 aromatic carbocycles. The lowest BCUT2D eigenvalue weighted by Gasteiger charge is -2.33. The molecule has 0 aliphatic carbocycles. The zero-order valence-corrected chi connectivity index (χ0v) is 12.5. The van der Waals surface area contributed by atoms with Gasteiger partial charge in [0.2, 0.25) is 11.8 Å². The minimum absolute atomic E-state index is 0.128. The third-order valence-electron chi connectivity index (χ3n) is 3.91. The van der Waals surface area contributed by atoms with E-state index in [-0.39, 0.29) is 12.5 Å². The first-order valence-corrected chi connectivity index (χ1v) is 7.09. The lowest BCUT2D eigenvalue weighted by atomic mass is 10.1. The van der Waals surface area contributed by atoms with Crippen molar-refractivity contribution in [2.24, 2.45) is 5.73 Å². The van der Waals surface area contributed by atoms with Crippen LogP contribution in [-0.4, -0.2) is 48.9 Å². The minimum atomic E-state index is -0.428. The second-order valence-electron chi connectivity index (χ2n) is 5.39. The molecular weight excluding hydrogens is 268 g/mol. The zero-order chi connectivity index (χ0) is 15.4. The molecule has 1 aliphatic rings. The van der Waals surface area contributed by atoms with Gasteiger partial charge in [0.25, 0.3) is 0 Å². The molecule has 1 unspecified atom stereocenters. The predicted octanol–water partition coefficient (Wildman–Crippen LogP) is 0.00104. The third kappa shape index (κ3) is 3.80. The number of aryl methyl sites for hydroxylation is 1. The number of nitrogens with zero attached hydrogens (tertiary/aromatic N) is 1. The summed E-state index contributed by atoms with van der Waals surface area (Å²) in [6.45, 7) is 6.02. The van der Waals surface area contributed by atoms with E-state index in [1.54, 1.807) is 0 Å². The number of piperazine rings is 1. The zero-order valence-electron chi connectivity index (χ0n) is 12.5. The van der Waals surface area contributed by atoms with E-state index < -0.39 is 11.9 Å². The Labute approximate surface area is 124 Å². The summed E-state index contributed by atoms with van der Waals surface area (Å²) in [6, 6.07) is 5.37. The van der Waals surface area contributed by atoms with Gasteiger partial charge in [-0.15, -0.1) is 0 Å². The Morgan fingerprint density at radius 2 is 2.19 bits per heavy atom. The minimum Gasteiger partial charge on any atom is -0.368 e. The normalized spacial score (nSPS) is 19.2. The van der Waals surface area contributed by atoms with Gasteiger partial charge in [-0.3, -0.25) is 14.5 Å². The Hall–Kier alpha value is -1.92. The van der Waals surface area contributed by atoms with Gasteiger partial charge in [0.05, 0.1) is 6.54 Å². The largest absolute Gasteiger partial charge is 0.368 e. The number of hydrogen-bond acceptors (Lipinski definition) is 4. The molecule has 1 atom stereocenters. The molecule has 4 N–H and O–H groups in total. The first-order valence-electron chi connectivity index (χ1n) is 7.09. The van der Waals surface area contributed by atoms with Crippen molar-refractivity contribution in [3.63, 3.8) is 0 Å². The van der Waals surface area contributed by atoms with E-state index in [1.165, 1.54) is 0 Å². The number of primary amides is 1. The standard InChI is InChI=1S/C15H22N4O2/c1-10-4-3-5-12(11(10)2)18-14(20)9-19-7-6-17-8-13(19)15(16)21/h3-5,13,17H,6-9H2,1-2H3,(H2,16,21)(H,18,20). The van der Waals surface area contributed by atoms with Gasteiger partial charge < -0.3 is 16.4 Å². The van der Waals surface area contributed by atoms with E-state index in [0.29, 0.717) is 13.1 Å². The van der Waals surface area contributed by atoms with Crippen molar-refractivity contribution in [3.8, 4) is 0 Å². The Morgan fingerprint density at radius 1 is 1.43 bits per heavy atom. The van der Waals surface area contributed by atoms with E-state index in [4.69, 9.17) is 5.73 Å². The van der Waals surface area contributed by atoms with Gasteiger partial charge in [-0.05, 0) is 31.0 Å². The highest BCUT2D eigenvalue weighted by Crippen LogP contribution is 2.18. The van der Waals surface area contributed by atoms with E-state index in [9.17, 15) is 9.59 Å². The van der Waals surface area contributed by atoms with Crippen LogP contribution in [0.3, 0.4) is 0 Å². The van der Waals surface area contributed by atoms with E-state index in [1.807, 2.05) is 36.9 Å². The van der Waals surface area contributed by atoms with Crippen molar-refractivity contribution in [3.05, 3.63) is 29.3 Å². The molecule has 1 aromatic rings.